The molecule has 1 aliphatic heterocycles. The summed E-state index contributed by atoms with van der Waals surface area (Å²) in [4.78, 5) is 25.6. The fraction of sp³-hybridized carbons (Fsp3) is 0.417. The van der Waals surface area contributed by atoms with Crippen molar-refractivity contribution >= 4 is 22.7 Å². The number of hydrogen-bond acceptors (Lipinski definition) is 8. The number of aliphatic imine (C=N–C) groups is 1. The highest BCUT2D eigenvalue weighted by atomic mass is 32.2. The molecule has 2 aromatic rings. The van der Waals surface area contributed by atoms with Gasteiger partial charge in [-0.3, -0.25) is 9.79 Å². The molecule has 2 aliphatic rings. The van der Waals surface area contributed by atoms with E-state index >= 15 is 0 Å². The van der Waals surface area contributed by atoms with Crippen LogP contribution in [0.5, 0.6) is 5.88 Å². The second-order valence-electron chi connectivity index (χ2n) is 8.41. The number of amidine groups is 1. The van der Waals surface area contributed by atoms with E-state index in [4.69, 9.17) is 21.6 Å². The number of carbonyl (C=O) groups is 1. The van der Waals surface area contributed by atoms with Crippen LogP contribution in [-0.4, -0.2) is 46.0 Å². The second-order valence-corrected chi connectivity index (χ2v) is 9.85. The predicted octanol–water partition coefficient (Wildman–Crippen LogP) is 3.13. The van der Waals surface area contributed by atoms with Crippen molar-refractivity contribution in [3.8, 4) is 18.2 Å². The summed E-state index contributed by atoms with van der Waals surface area (Å²) >= 11 is 1.50. The van der Waals surface area contributed by atoms with E-state index in [0.717, 1.165) is 6.42 Å². The molecule has 1 saturated carbocycles. The van der Waals surface area contributed by atoms with Crippen LogP contribution in [0, 0.1) is 24.1 Å². The van der Waals surface area contributed by atoms with Gasteiger partial charge in [0.1, 0.15) is 18.1 Å². The number of methoxy groups -OCH3 is 1. The smallest absolute Gasteiger partial charge is 0.232 e. The van der Waals surface area contributed by atoms with Crippen LogP contribution in [0.1, 0.15) is 41.4 Å². The monoisotopic (exact) mass is 468 g/mol. The lowest BCUT2D eigenvalue weighted by Gasteiger charge is -2.34. The number of ketones is 1. The van der Waals surface area contributed by atoms with Gasteiger partial charge < -0.3 is 15.2 Å². The molecule has 4 rings (SSSR count). The van der Waals surface area contributed by atoms with Gasteiger partial charge in [0.25, 0.3) is 0 Å². The Labute approximate surface area is 196 Å². The van der Waals surface area contributed by atoms with Crippen molar-refractivity contribution in [2.45, 2.75) is 36.5 Å². The Morgan fingerprint density at radius 2 is 2.21 bits per heavy atom. The third kappa shape index (κ3) is 4.59. The first kappa shape index (κ1) is 23.2. The molecule has 2 heterocycles. The van der Waals surface area contributed by atoms with Crippen LogP contribution in [-0.2, 0) is 16.7 Å². The second kappa shape index (κ2) is 9.12. The molecule has 0 unspecified atom stereocenters. The molecule has 1 aromatic carbocycles. The Morgan fingerprint density at radius 3 is 2.91 bits per heavy atom. The number of halogens is 1. The number of benzene rings is 1. The number of Topliss-reactive ketones (excluding diaryl/α,β-unsaturated/α-hetero) is 1. The van der Waals surface area contributed by atoms with E-state index in [1.165, 1.54) is 30.2 Å². The first-order valence-electron chi connectivity index (χ1n) is 10.5. The average Bonchev–Trinajstić information content (AvgIpc) is 3.50. The number of carbonyl (C=O) groups excluding carboxylic acids is 1. The molecular weight excluding hydrogens is 443 g/mol. The summed E-state index contributed by atoms with van der Waals surface area (Å²) < 4.78 is 25.5. The number of hydrogen-bond donors (Lipinski definition) is 1. The minimum atomic E-state index is -0.825. The van der Waals surface area contributed by atoms with Gasteiger partial charge in [-0.05, 0) is 31.0 Å². The molecule has 0 bridgehead atoms. The number of thioether (sulfide) groups is 1. The quantitative estimate of drug-likeness (QED) is 0.343. The number of ether oxygens (including phenoxy) is 2. The van der Waals surface area contributed by atoms with Crippen LogP contribution in [0.4, 0.5) is 4.39 Å². The van der Waals surface area contributed by atoms with E-state index in [-0.39, 0.29) is 34.4 Å². The highest BCUT2D eigenvalue weighted by Gasteiger charge is 2.66. The predicted molar refractivity (Wildman–Crippen MR) is 125 cm³/mol. The zero-order valence-corrected chi connectivity index (χ0v) is 19.3. The number of rotatable bonds is 9. The van der Waals surface area contributed by atoms with Gasteiger partial charge in [-0.2, -0.15) is 0 Å². The maximum atomic E-state index is 15.0. The zero-order valence-electron chi connectivity index (χ0n) is 18.5. The average molecular weight is 469 g/mol. The van der Waals surface area contributed by atoms with Crippen LogP contribution >= 0.6 is 11.8 Å². The normalized spacial score (nSPS) is 25.5. The molecule has 33 heavy (non-hydrogen) atoms. The molecule has 1 aliphatic carbocycles. The van der Waals surface area contributed by atoms with Crippen LogP contribution in [0.25, 0.3) is 0 Å². The maximum absolute atomic E-state index is 15.0. The molecule has 2 N–H and O–H groups in total. The summed E-state index contributed by atoms with van der Waals surface area (Å²) in [6, 6.07) is 4.69. The molecule has 0 radical (unpaired) electrons. The summed E-state index contributed by atoms with van der Waals surface area (Å²) in [5.74, 6) is 2.26. The van der Waals surface area contributed by atoms with Crippen molar-refractivity contribution in [3.63, 3.8) is 0 Å². The van der Waals surface area contributed by atoms with E-state index in [1.807, 2.05) is 6.92 Å². The Balaban J connectivity index is 1.53. The van der Waals surface area contributed by atoms with Gasteiger partial charge in [0, 0.05) is 31.4 Å². The molecule has 9 heteroatoms. The summed E-state index contributed by atoms with van der Waals surface area (Å²) in [7, 11) is 1.65. The number of aromatic nitrogens is 2. The first-order valence-corrected chi connectivity index (χ1v) is 11.4. The van der Waals surface area contributed by atoms with Crippen molar-refractivity contribution in [1.29, 1.82) is 0 Å². The lowest BCUT2D eigenvalue weighted by molar-refractivity contribution is 0.0987. The first-order chi connectivity index (χ1) is 15.8. The fourth-order valence-electron chi connectivity index (χ4n) is 4.42. The van der Waals surface area contributed by atoms with E-state index in [2.05, 4.69) is 20.9 Å². The van der Waals surface area contributed by atoms with E-state index in [9.17, 15) is 9.18 Å². The highest BCUT2D eigenvalue weighted by molar-refractivity contribution is 8.15. The standard InChI is InChI=1S/C24H25FN4O3S/c1-4-5-8-32-21-13-27-18(12-28-21)19(30)10-15-6-7-17(25)16(9-15)23(2)20-11-24(20,14-31-3)33-22(26)29-23/h1,6-7,9,12-13,20H,5,8,10-11,14H2,2-3H3,(H2,26,29)/t20-,23+,24+/m0/s1. The van der Waals surface area contributed by atoms with E-state index < -0.39 is 5.54 Å². The van der Waals surface area contributed by atoms with Crippen LogP contribution in [0.2, 0.25) is 0 Å². The third-order valence-corrected chi connectivity index (χ3v) is 7.37. The Morgan fingerprint density at radius 1 is 1.39 bits per heavy atom. The summed E-state index contributed by atoms with van der Waals surface area (Å²) in [5.41, 5.74) is 6.60. The van der Waals surface area contributed by atoms with Gasteiger partial charge in [0.05, 0.1) is 29.3 Å². The SMILES string of the molecule is C#CCCOc1cnc(C(=O)Cc2ccc(F)c([C@@]3(C)N=C(N)S[C@@]4(COC)C[C@H]43)c2)cn1. The maximum Gasteiger partial charge on any atom is 0.232 e. The number of nitrogens with zero attached hydrogens (tertiary/aromatic N) is 3. The van der Waals surface area contributed by atoms with Crippen molar-refractivity contribution in [2.24, 2.45) is 16.6 Å². The van der Waals surface area contributed by atoms with Crippen LogP contribution in [0.15, 0.2) is 35.6 Å². The summed E-state index contributed by atoms with van der Waals surface area (Å²) in [6.07, 6.45) is 9.29. The van der Waals surface area contributed by atoms with Gasteiger partial charge in [0.2, 0.25) is 5.88 Å². The minimum Gasteiger partial charge on any atom is -0.476 e. The number of nitrogens with two attached hydrogens (primary N) is 1. The van der Waals surface area contributed by atoms with Gasteiger partial charge in [-0.25, -0.2) is 14.4 Å². The largest absolute Gasteiger partial charge is 0.476 e. The third-order valence-electron chi connectivity index (χ3n) is 6.09. The van der Waals surface area contributed by atoms with E-state index in [0.29, 0.717) is 41.8 Å². The van der Waals surface area contributed by atoms with Gasteiger partial charge in [-0.1, -0.05) is 17.8 Å². The molecule has 1 fully saturated rings. The molecule has 7 nitrogen and oxygen atoms in total. The zero-order chi connectivity index (χ0) is 23.6. The van der Waals surface area contributed by atoms with Crippen LogP contribution in [0.3, 0.4) is 0 Å². The molecule has 3 atom stereocenters. The summed E-state index contributed by atoms with van der Waals surface area (Å²) in [5, 5.41) is 0.420. The molecule has 0 amide bonds. The number of fused-ring (bicyclic) bond motifs is 1. The highest BCUT2D eigenvalue weighted by Crippen LogP contribution is 2.65. The Bertz CT molecular complexity index is 1130. The molecule has 172 valence electrons. The Hall–Kier alpha value is -2.96. The van der Waals surface area contributed by atoms with Gasteiger partial charge in [-0.15, -0.1) is 12.3 Å². The fourth-order valence-corrected chi connectivity index (χ4v) is 5.88. The van der Waals surface area contributed by atoms with Crippen molar-refractivity contribution in [2.75, 3.05) is 20.3 Å². The van der Waals surface area contributed by atoms with Crippen LogP contribution < -0.4 is 10.5 Å². The summed E-state index contributed by atoms with van der Waals surface area (Å²) in [6.45, 7) is 2.75. The lowest BCUT2D eigenvalue weighted by Crippen LogP contribution is -2.37. The Kier molecular flexibility index (Phi) is 6.41. The minimum absolute atomic E-state index is 0.0527. The van der Waals surface area contributed by atoms with E-state index in [1.54, 1.807) is 19.2 Å². The van der Waals surface area contributed by atoms with Crippen molar-refractivity contribution in [1.82, 2.24) is 9.97 Å². The molecule has 0 saturated heterocycles. The van der Waals surface area contributed by atoms with Gasteiger partial charge in [0.15, 0.2) is 11.0 Å². The lowest BCUT2D eigenvalue weighted by atomic mass is 9.84. The molecule has 1 aromatic heterocycles. The molecular formula is C24H25FN4O3S. The van der Waals surface area contributed by atoms with Gasteiger partial charge >= 0.3 is 0 Å². The van der Waals surface area contributed by atoms with Crippen molar-refractivity contribution in [3.05, 3.63) is 53.2 Å². The molecule has 0 spiro atoms. The van der Waals surface area contributed by atoms with Crippen molar-refractivity contribution < 1.29 is 18.7 Å². The topological polar surface area (TPSA) is 99.7 Å². The number of terminal acetylenes is 1.